The van der Waals surface area contributed by atoms with Gasteiger partial charge in [0.05, 0.1) is 0 Å². The smallest absolute Gasteiger partial charge is 0.325 e. The molecule has 35 heavy (non-hydrogen) atoms. The standard InChI is InChI=1S/C26H29FN4O4/c1-30(20-12-10-19(27)11-13-20)23(33)21(16-18-8-4-2-5-9-18)28-22(32)17-31-24(34)26(29-25(31)35)14-6-3-7-15-26/h2,4-5,8-13,21H,3,6-7,14-17H2,1H3,(H,28,32)(H,29,35)/t21-/m0/s1. The number of imide groups is 1. The summed E-state index contributed by atoms with van der Waals surface area (Å²) in [6.07, 6.45) is 4.03. The Kier molecular flexibility index (Phi) is 7.14. The minimum atomic E-state index is -0.954. The molecule has 5 amide bonds. The second kappa shape index (κ2) is 10.2. The van der Waals surface area contributed by atoms with E-state index in [0.29, 0.717) is 18.5 Å². The van der Waals surface area contributed by atoms with E-state index in [4.69, 9.17) is 0 Å². The summed E-state index contributed by atoms with van der Waals surface area (Å²) in [5.41, 5.74) is 0.379. The molecule has 2 N–H and O–H groups in total. The van der Waals surface area contributed by atoms with Crippen molar-refractivity contribution < 1.29 is 23.6 Å². The SMILES string of the molecule is CN(C(=O)[C@H](Cc1ccccc1)NC(=O)CN1C(=O)NC2(CCCCC2)C1=O)c1ccc(F)cc1. The predicted molar refractivity (Wildman–Crippen MR) is 128 cm³/mol. The van der Waals surface area contributed by atoms with Crippen LogP contribution in [0.15, 0.2) is 54.6 Å². The van der Waals surface area contributed by atoms with Crippen LogP contribution in [0.3, 0.4) is 0 Å². The van der Waals surface area contributed by atoms with Crippen LogP contribution in [0.4, 0.5) is 14.9 Å². The van der Waals surface area contributed by atoms with Gasteiger partial charge in [0.2, 0.25) is 11.8 Å². The topological polar surface area (TPSA) is 98.8 Å². The number of nitrogens with one attached hydrogen (secondary N) is 2. The Morgan fingerprint density at radius 3 is 2.37 bits per heavy atom. The number of hydrogen-bond donors (Lipinski definition) is 2. The van der Waals surface area contributed by atoms with Crippen molar-refractivity contribution in [3.05, 3.63) is 66.0 Å². The Morgan fingerprint density at radius 2 is 1.71 bits per heavy atom. The average Bonchev–Trinajstić information content (AvgIpc) is 3.08. The highest BCUT2D eigenvalue weighted by molar-refractivity contribution is 6.09. The molecule has 0 bridgehead atoms. The monoisotopic (exact) mass is 480 g/mol. The van der Waals surface area contributed by atoms with Crippen LogP contribution >= 0.6 is 0 Å². The lowest BCUT2D eigenvalue weighted by molar-refractivity contribution is -0.136. The van der Waals surface area contributed by atoms with Crippen LogP contribution in [0.2, 0.25) is 0 Å². The molecule has 2 aromatic carbocycles. The van der Waals surface area contributed by atoms with E-state index >= 15 is 0 Å². The van der Waals surface area contributed by atoms with Crippen molar-refractivity contribution in [3.63, 3.8) is 0 Å². The van der Waals surface area contributed by atoms with Gasteiger partial charge in [-0.1, -0.05) is 49.6 Å². The summed E-state index contributed by atoms with van der Waals surface area (Å²) in [6.45, 7) is -0.467. The van der Waals surface area contributed by atoms with E-state index in [1.807, 2.05) is 30.3 Å². The molecule has 1 saturated heterocycles. The van der Waals surface area contributed by atoms with Crippen LogP contribution in [-0.2, 0) is 20.8 Å². The van der Waals surface area contributed by atoms with Gasteiger partial charge in [-0.3, -0.25) is 19.3 Å². The summed E-state index contributed by atoms with van der Waals surface area (Å²) in [6, 6.07) is 13.1. The molecule has 8 nitrogen and oxygen atoms in total. The molecular weight excluding hydrogens is 451 g/mol. The van der Waals surface area contributed by atoms with E-state index in [9.17, 15) is 23.6 Å². The molecule has 1 saturated carbocycles. The van der Waals surface area contributed by atoms with Gasteiger partial charge in [0.15, 0.2) is 0 Å². The summed E-state index contributed by atoms with van der Waals surface area (Å²) in [7, 11) is 1.55. The van der Waals surface area contributed by atoms with E-state index in [0.717, 1.165) is 29.7 Å². The van der Waals surface area contributed by atoms with Crippen LogP contribution in [0.25, 0.3) is 0 Å². The molecular formula is C26H29FN4O4. The van der Waals surface area contributed by atoms with Crippen LogP contribution in [-0.4, -0.2) is 53.8 Å². The van der Waals surface area contributed by atoms with Crippen molar-refractivity contribution in [1.82, 2.24) is 15.5 Å². The number of rotatable bonds is 7. The van der Waals surface area contributed by atoms with Gasteiger partial charge in [-0.2, -0.15) is 0 Å². The van der Waals surface area contributed by atoms with Crippen molar-refractivity contribution in [2.45, 2.75) is 50.1 Å². The summed E-state index contributed by atoms with van der Waals surface area (Å²) in [5.74, 6) is -1.82. The van der Waals surface area contributed by atoms with Gasteiger partial charge < -0.3 is 15.5 Å². The Labute approximate surface area is 203 Å². The predicted octanol–water partition coefficient (Wildman–Crippen LogP) is 2.77. The molecule has 0 unspecified atom stereocenters. The lowest BCUT2D eigenvalue weighted by Gasteiger charge is -2.30. The summed E-state index contributed by atoms with van der Waals surface area (Å²) >= 11 is 0. The molecule has 184 valence electrons. The molecule has 1 aliphatic heterocycles. The number of benzene rings is 2. The molecule has 9 heteroatoms. The van der Waals surface area contributed by atoms with E-state index in [2.05, 4.69) is 10.6 Å². The number of likely N-dealkylation sites (N-methyl/N-ethyl adjacent to an activating group) is 1. The van der Waals surface area contributed by atoms with Crippen molar-refractivity contribution in [2.24, 2.45) is 0 Å². The molecule has 1 atom stereocenters. The number of carbonyl (C=O) groups is 4. The molecule has 0 radical (unpaired) electrons. The maximum Gasteiger partial charge on any atom is 0.325 e. The first-order valence-electron chi connectivity index (χ1n) is 11.8. The van der Waals surface area contributed by atoms with Gasteiger partial charge in [0, 0.05) is 19.2 Å². The van der Waals surface area contributed by atoms with Crippen molar-refractivity contribution in [1.29, 1.82) is 0 Å². The van der Waals surface area contributed by atoms with Gasteiger partial charge in [-0.05, 0) is 42.7 Å². The minimum Gasteiger partial charge on any atom is -0.342 e. The van der Waals surface area contributed by atoms with Crippen LogP contribution < -0.4 is 15.5 Å². The molecule has 2 aliphatic rings. The minimum absolute atomic E-state index is 0.209. The fourth-order valence-corrected chi connectivity index (χ4v) is 4.77. The Hall–Kier alpha value is -3.75. The molecule has 1 aliphatic carbocycles. The molecule has 4 rings (SSSR count). The molecule has 2 aromatic rings. The normalized spacial score (nSPS) is 17.7. The van der Waals surface area contributed by atoms with Gasteiger partial charge in [0.1, 0.15) is 23.9 Å². The Balaban J connectivity index is 1.48. The highest BCUT2D eigenvalue weighted by Crippen LogP contribution is 2.33. The summed E-state index contributed by atoms with van der Waals surface area (Å²) in [4.78, 5) is 54.1. The summed E-state index contributed by atoms with van der Waals surface area (Å²) in [5, 5.41) is 5.49. The van der Waals surface area contributed by atoms with Crippen molar-refractivity contribution in [2.75, 3.05) is 18.5 Å². The zero-order valence-electron chi connectivity index (χ0n) is 19.6. The largest absolute Gasteiger partial charge is 0.342 e. The highest BCUT2D eigenvalue weighted by Gasteiger charge is 2.51. The third-order valence-corrected chi connectivity index (χ3v) is 6.72. The lowest BCUT2D eigenvalue weighted by Crippen LogP contribution is -2.52. The number of halogens is 1. The first kappa shape index (κ1) is 24.4. The molecule has 2 fully saturated rings. The summed E-state index contributed by atoms with van der Waals surface area (Å²) < 4.78 is 13.3. The first-order valence-corrected chi connectivity index (χ1v) is 11.8. The van der Waals surface area contributed by atoms with Crippen LogP contribution in [0.1, 0.15) is 37.7 Å². The van der Waals surface area contributed by atoms with E-state index < -0.39 is 41.8 Å². The Morgan fingerprint density at radius 1 is 1.06 bits per heavy atom. The molecule has 1 spiro atoms. The maximum atomic E-state index is 13.3. The van der Waals surface area contributed by atoms with Crippen LogP contribution in [0.5, 0.6) is 0 Å². The average molecular weight is 481 g/mol. The van der Waals surface area contributed by atoms with E-state index in [1.165, 1.54) is 29.2 Å². The number of nitrogens with zero attached hydrogens (tertiary/aromatic N) is 2. The lowest BCUT2D eigenvalue weighted by atomic mass is 9.82. The molecule has 0 aromatic heterocycles. The van der Waals surface area contributed by atoms with Crippen molar-refractivity contribution in [3.8, 4) is 0 Å². The number of hydrogen-bond acceptors (Lipinski definition) is 4. The number of carbonyl (C=O) groups excluding carboxylic acids is 4. The zero-order chi connectivity index (χ0) is 25.0. The number of amides is 5. The quantitative estimate of drug-likeness (QED) is 0.596. The van der Waals surface area contributed by atoms with Gasteiger partial charge in [-0.15, -0.1) is 0 Å². The highest BCUT2D eigenvalue weighted by atomic mass is 19.1. The fraction of sp³-hybridized carbons (Fsp3) is 0.385. The van der Waals surface area contributed by atoms with Crippen molar-refractivity contribution >= 4 is 29.4 Å². The second-order valence-electron chi connectivity index (χ2n) is 9.15. The Bertz CT molecular complexity index is 1100. The maximum absolute atomic E-state index is 13.3. The number of urea groups is 1. The van der Waals surface area contributed by atoms with Gasteiger partial charge in [-0.25, -0.2) is 9.18 Å². The first-order chi connectivity index (χ1) is 16.8. The van der Waals surface area contributed by atoms with Gasteiger partial charge in [0.25, 0.3) is 5.91 Å². The second-order valence-corrected chi connectivity index (χ2v) is 9.15. The van der Waals surface area contributed by atoms with E-state index in [1.54, 1.807) is 7.05 Å². The molecule has 1 heterocycles. The van der Waals surface area contributed by atoms with Gasteiger partial charge >= 0.3 is 6.03 Å². The third kappa shape index (κ3) is 5.34. The number of anilines is 1. The zero-order valence-corrected chi connectivity index (χ0v) is 19.6. The van der Waals surface area contributed by atoms with Crippen LogP contribution in [0, 0.1) is 5.82 Å². The third-order valence-electron chi connectivity index (χ3n) is 6.72. The van der Waals surface area contributed by atoms with E-state index in [-0.39, 0.29) is 12.3 Å². The fourth-order valence-electron chi connectivity index (χ4n) is 4.77.